The number of benzene rings is 2. The van der Waals surface area contributed by atoms with Crippen LogP contribution in [-0.4, -0.2) is 10.2 Å². The fraction of sp³-hybridized carbons (Fsp3) is 0.294. The van der Waals surface area contributed by atoms with E-state index in [2.05, 4.69) is 12.1 Å². The Bertz CT molecular complexity index is 590. The van der Waals surface area contributed by atoms with Gasteiger partial charge < -0.3 is 10.2 Å². The lowest BCUT2D eigenvalue weighted by Crippen LogP contribution is -2.21. The van der Waals surface area contributed by atoms with Gasteiger partial charge in [0.2, 0.25) is 0 Å². The van der Waals surface area contributed by atoms with Crippen LogP contribution in [0.5, 0.6) is 0 Å². The summed E-state index contributed by atoms with van der Waals surface area (Å²) in [5.74, 6) is 0. The molecular weight excluding hydrogens is 236 g/mol. The normalized spacial score (nSPS) is 31.5. The van der Waals surface area contributed by atoms with Crippen molar-refractivity contribution in [3.63, 3.8) is 0 Å². The van der Waals surface area contributed by atoms with Crippen molar-refractivity contribution in [2.45, 2.75) is 30.5 Å². The minimum atomic E-state index is -0.422. The minimum Gasteiger partial charge on any atom is -0.388 e. The topological polar surface area (TPSA) is 40.5 Å². The van der Waals surface area contributed by atoms with Crippen molar-refractivity contribution in [1.82, 2.24) is 0 Å². The molecule has 1 spiro atoms. The van der Waals surface area contributed by atoms with Crippen LogP contribution in [-0.2, 0) is 5.41 Å². The van der Waals surface area contributed by atoms with E-state index in [4.69, 9.17) is 0 Å². The Kier molecular flexibility index (Phi) is 2.17. The molecule has 0 fully saturated rings. The Labute approximate surface area is 112 Å². The first-order valence-corrected chi connectivity index (χ1v) is 6.77. The molecule has 0 saturated heterocycles. The number of fused-ring (bicyclic) bond motifs is 4. The molecule has 0 radical (unpaired) electrons. The van der Waals surface area contributed by atoms with Gasteiger partial charge in [-0.15, -0.1) is 0 Å². The number of hydrogen-bond donors (Lipinski definition) is 2. The highest BCUT2D eigenvalue weighted by atomic mass is 16.3. The molecule has 0 bridgehead atoms. The Morgan fingerprint density at radius 3 is 1.63 bits per heavy atom. The largest absolute Gasteiger partial charge is 0.388 e. The first kappa shape index (κ1) is 11.2. The second-order valence-corrected chi connectivity index (χ2v) is 5.70. The van der Waals surface area contributed by atoms with Crippen LogP contribution in [0.4, 0.5) is 0 Å². The second-order valence-electron chi connectivity index (χ2n) is 5.70. The molecule has 2 aliphatic rings. The van der Waals surface area contributed by atoms with Gasteiger partial charge >= 0.3 is 0 Å². The van der Waals surface area contributed by atoms with Crippen molar-refractivity contribution in [3.8, 4) is 0 Å². The Balaban J connectivity index is 1.99. The third kappa shape index (κ3) is 1.33. The van der Waals surface area contributed by atoms with Gasteiger partial charge in [-0.2, -0.15) is 0 Å². The summed E-state index contributed by atoms with van der Waals surface area (Å²) in [4.78, 5) is 0. The van der Waals surface area contributed by atoms with Crippen LogP contribution in [0.1, 0.15) is 47.3 Å². The number of aliphatic hydroxyl groups excluding tert-OH is 2. The van der Waals surface area contributed by atoms with Crippen molar-refractivity contribution in [2.24, 2.45) is 0 Å². The lowest BCUT2D eigenvalue weighted by atomic mass is 9.76. The summed E-state index contributed by atoms with van der Waals surface area (Å²) >= 11 is 0. The van der Waals surface area contributed by atoms with E-state index in [-0.39, 0.29) is 5.41 Å². The SMILES string of the molecule is OC1CC2(CC(O)c3ccccc32)c2ccccc21. The summed E-state index contributed by atoms with van der Waals surface area (Å²) in [6.45, 7) is 0. The summed E-state index contributed by atoms with van der Waals surface area (Å²) in [5, 5.41) is 20.7. The zero-order chi connectivity index (χ0) is 13.0. The van der Waals surface area contributed by atoms with Crippen LogP contribution in [0.3, 0.4) is 0 Å². The molecule has 0 aromatic heterocycles. The van der Waals surface area contributed by atoms with Gasteiger partial charge in [-0.1, -0.05) is 48.5 Å². The first-order valence-electron chi connectivity index (χ1n) is 6.77. The predicted octanol–water partition coefficient (Wildman–Crippen LogP) is 2.85. The van der Waals surface area contributed by atoms with Gasteiger partial charge in [0.05, 0.1) is 12.2 Å². The molecule has 2 atom stereocenters. The van der Waals surface area contributed by atoms with Crippen molar-refractivity contribution < 1.29 is 10.2 Å². The Morgan fingerprint density at radius 1 is 0.737 bits per heavy atom. The Morgan fingerprint density at radius 2 is 1.16 bits per heavy atom. The van der Waals surface area contributed by atoms with E-state index in [1.165, 1.54) is 11.1 Å². The summed E-state index contributed by atoms with van der Waals surface area (Å²) in [6.07, 6.45) is 0.519. The molecular formula is C17H16O2. The number of hydrogen-bond acceptors (Lipinski definition) is 2. The van der Waals surface area contributed by atoms with Crippen molar-refractivity contribution in [2.75, 3.05) is 0 Å². The number of rotatable bonds is 0. The van der Waals surface area contributed by atoms with E-state index < -0.39 is 12.2 Å². The molecule has 96 valence electrons. The molecule has 2 nitrogen and oxygen atoms in total. The highest BCUT2D eigenvalue weighted by Gasteiger charge is 2.50. The first-order chi connectivity index (χ1) is 9.22. The quantitative estimate of drug-likeness (QED) is 0.757. The van der Waals surface area contributed by atoms with Crippen LogP contribution < -0.4 is 0 Å². The molecule has 2 aromatic rings. The van der Waals surface area contributed by atoms with E-state index in [1.807, 2.05) is 36.4 Å². The van der Waals surface area contributed by atoms with E-state index in [9.17, 15) is 10.2 Å². The molecule has 2 heteroatoms. The molecule has 4 rings (SSSR count). The van der Waals surface area contributed by atoms with Gasteiger partial charge in [0.25, 0.3) is 0 Å². The van der Waals surface area contributed by atoms with Gasteiger partial charge in [-0.05, 0) is 35.1 Å². The maximum absolute atomic E-state index is 10.3. The fourth-order valence-electron chi connectivity index (χ4n) is 4.00. The van der Waals surface area contributed by atoms with Gasteiger partial charge in [0, 0.05) is 5.41 Å². The average Bonchev–Trinajstić information content (AvgIpc) is 2.88. The summed E-state index contributed by atoms with van der Waals surface area (Å²) in [5.41, 5.74) is 4.21. The molecule has 19 heavy (non-hydrogen) atoms. The lowest BCUT2D eigenvalue weighted by molar-refractivity contribution is 0.134. The summed E-state index contributed by atoms with van der Waals surface area (Å²) in [6, 6.07) is 16.2. The molecule has 2 aromatic carbocycles. The number of aliphatic hydroxyl groups is 2. The zero-order valence-electron chi connectivity index (χ0n) is 10.6. The van der Waals surface area contributed by atoms with Crippen LogP contribution in [0.15, 0.2) is 48.5 Å². The standard InChI is InChI=1S/C17H16O2/c18-15-9-17(13-7-3-1-5-11(13)15)10-16(19)12-6-2-4-8-14(12)17/h1-8,15-16,18-19H,9-10H2. The molecule has 2 aliphatic carbocycles. The highest BCUT2D eigenvalue weighted by molar-refractivity contribution is 5.55. The van der Waals surface area contributed by atoms with Crippen molar-refractivity contribution in [3.05, 3.63) is 70.8 Å². The second kappa shape index (κ2) is 3.69. The molecule has 0 saturated carbocycles. The van der Waals surface area contributed by atoms with Gasteiger partial charge in [0.1, 0.15) is 0 Å². The van der Waals surface area contributed by atoms with Crippen LogP contribution in [0, 0.1) is 0 Å². The predicted molar refractivity (Wildman–Crippen MR) is 72.8 cm³/mol. The third-order valence-electron chi connectivity index (χ3n) is 4.75. The van der Waals surface area contributed by atoms with Crippen LogP contribution >= 0.6 is 0 Å². The summed E-state index contributed by atoms with van der Waals surface area (Å²) < 4.78 is 0. The molecule has 2 unspecified atom stereocenters. The highest BCUT2D eigenvalue weighted by Crippen LogP contribution is 2.58. The van der Waals surface area contributed by atoms with Crippen LogP contribution in [0.25, 0.3) is 0 Å². The van der Waals surface area contributed by atoms with Crippen molar-refractivity contribution in [1.29, 1.82) is 0 Å². The summed E-state index contributed by atoms with van der Waals surface area (Å²) in [7, 11) is 0. The van der Waals surface area contributed by atoms with Gasteiger partial charge in [0.15, 0.2) is 0 Å². The van der Waals surface area contributed by atoms with E-state index in [0.717, 1.165) is 11.1 Å². The lowest BCUT2D eigenvalue weighted by Gasteiger charge is -2.26. The minimum absolute atomic E-state index is 0.202. The maximum atomic E-state index is 10.3. The maximum Gasteiger partial charge on any atom is 0.0804 e. The van der Waals surface area contributed by atoms with Gasteiger partial charge in [-0.25, -0.2) is 0 Å². The molecule has 0 amide bonds. The van der Waals surface area contributed by atoms with Crippen LogP contribution in [0.2, 0.25) is 0 Å². The van der Waals surface area contributed by atoms with E-state index >= 15 is 0 Å². The van der Waals surface area contributed by atoms with Gasteiger partial charge in [-0.3, -0.25) is 0 Å². The van der Waals surface area contributed by atoms with E-state index in [1.54, 1.807) is 0 Å². The average molecular weight is 252 g/mol. The smallest absolute Gasteiger partial charge is 0.0804 e. The monoisotopic (exact) mass is 252 g/mol. The van der Waals surface area contributed by atoms with E-state index in [0.29, 0.717) is 12.8 Å². The molecule has 0 aliphatic heterocycles. The fourth-order valence-corrected chi connectivity index (χ4v) is 4.00. The Hall–Kier alpha value is -1.64. The molecule has 0 heterocycles. The third-order valence-corrected chi connectivity index (χ3v) is 4.75. The zero-order valence-corrected chi connectivity index (χ0v) is 10.6. The van der Waals surface area contributed by atoms with Crippen molar-refractivity contribution >= 4 is 0 Å². The molecule has 2 N–H and O–H groups in total.